The monoisotopic (exact) mass is 341 g/mol. The van der Waals surface area contributed by atoms with Crippen LogP contribution in [0.25, 0.3) is 0 Å². The lowest BCUT2D eigenvalue weighted by atomic mass is 9.96. The number of amides is 2. The average Bonchev–Trinajstić information content (AvgIpc) is 2.44. The molecule has 0 aliphatic heterocycles. The molecule has 0 aliphatic rings. The van der Waals surface area contributed by atoms with Crippen molar-refractivity contribution in [2.75, 3.05) is 18.4 Å². The topological polar surface area (TPSA) is 84.2 Å². The molecule has 2 amide bonds. The van der Waals surface area contributed by atoms with Crippen LogP contribution in [0, 0.1) is 11.8 Å². The van der Waals surface area contributed by atoms with Gasteiger partial charge in [0.25, 0.3) is 5.91 Å². The van der Waals surface area contributed by atoms with Gasteiger partial charge in [-0.1, -0.05) is 32.9 Å². The van der Waals surface area contributed by atoms with E-state index < -0.39 is 0 Å². The molecule has 0 aliphatic carbocycles. The van der Waals surface area contributed by atoms with E-state index in [1.54, 1.807) is 24.3 Å². The normalized spacial score (nSPS) is 11.5. The molecule has 0 spiro atoms. The molecule has 130 valence electrons. The van der Waals surface area contributed by atoms with Crippen molar-refractivity contribution >= 4 is 29.9 Å². The first-order valence-corrected chi connectivity index (χ1v) is 7.81. The van der Waals surface area contributed by atoms with Crippen LogP contribution >= 0.6 is 12.4 Å². The summed E-state index contributed by atoms with van der Waals surface area (Å²) in [6.07, 6.45) is 1.46. The minimum Gasteiger partial charge on any atom is -0.351 e. The molecule has 1 unspecified atom stereocenters. The van der Waals surface area contributed by atoms with Gasteiger partial charge in [0.05, 0.1) is 11.3 Å². The lowest BCUT2D eigenvalue weighted by Gasteiger charge is -2.15. The van der Waals surface area contributed by atoms with Crippen LogP contribution in [0.2, 0.25) is 0 Å². The Morgan fingerprint density at radius 1 is 1.17 bits per heavy atom. The Bertz CT molecular complexity index is 506. The molecule has 6 heteroatoms. The van der Waals surface area contributed by atoms with Gasteiger partial charge in [-0.3, -0.25) is 9.59 Å². The Morgan fingerprint density at radius 3 is 2.43 bits per heavy atom. The van der Waals surface area contributed by atoms with Crippen LogP contribution in [0.15, 0.2) is 24.3 Å². The SMILES string of the molecule is CC(C)CC(C)CC(=O)Nc1ccccc1C(=O)NCCN.Cl. The van der Waals surface area contributed by atoms with Crippen LogP contribution in [0.1, 0.15) is 44.0 Å². The second-order valence-corrected chi connectivity index (χ2v) is 6.08. The van der Waals surface area contributed by atoms with Gasteiger partial charge in [-0.15, -0.1) is 12.4 Å². The van der Waals surface area contributed by atoms with Gasteiger partial charge in [-0.2, -0.15) is 0 Å². The van der Waals surface area contributed by atoms with E-state index in [0.717, 1.165) is 6.42 Å². The Kier molecular flexibility index (Phi) is 10.3. The fourth-order valence-corrected chi connectivity index (χ4v) is 2.48. The van der Waals surface area contributed by atoms with E-state index in [1.807, 2.05) is 0 Å². The third kappa shape index (κ3) is 8.00. The van der Waals surface area contributed by atoms with Crippen LogP contribution in [-0.2, 0) is 4.79 Å². The zero-order chi connectivity index (χ0) is 16.5. The maximum atomic E-state index is 12.1. The molecule has 4 N–H and O–H groups in total. The smallest absolute Gasteiger partial charge is 0.253 e. The number of nitrogens with two attached hydrogens (primary N) is 1. The molecule has 0 heterocycles. The summed E-state index contributed by atoms with van der Waals surface area (Å²) in [5.74, 6) is 0.596. The highest BCUT2D eigenvalue weighted by Gasteiger charge is 2.15. The molecule has 0 saturated carbocycles. The van der Waals surface area contributed by atoms with Gasteiger partial charge in [0.2, 0.25) is 5.91 Å². The maximum Gasteiger partial charge on any atom is 0.253 e. The summed E-state index contributed by atoms with van der Waals surface area (Å²) in [6.45, 7) is 7.15. The van der Waals surface area contributed by atoms with Crippen LogP contribution in [0.5, 0.6) is 0 Å². The second kappa shape index (κ2) is 11.0. The van der Waals surface area contributed by atoms with Gasteiger partial charge >= 0.3 is 0 Å². The highest BCUT2D eigenvalue weighted by atomic mass is 35.5. The molecule has 0 bridgehead atoms. The first-order chi connectivity index (χ1) is 10.4. The van der Waals surface area contributed by atoms with E-state index in [1.165, 1.54) is 0 Å². The van der Waals surface area contributed by atoms with Gasteiger partial charge in [-0.05, 0) is 30.4 Å². The minimum absolute atomic E-state index is 0. The first kappa shape index (κ1) is 21.4. The number of hydrogen-bond donors (Lipinski definition) is 3. The molecule has 1 rings (SSSR count). The summed E-state index contributed by atoms with van der Waals surface area (Å²) in [5, 5.41) is 5.55. The lowest BCUT2D eigenvalue weighted by molar-refractivity contribution is -0.117. The highest BCUT2D eigenvalue weighted by molar-refractivity contribution is 6.03. The molecule has 1 atom stereocenters. The molecular weight excluding hydrogens is 314 g/mol. The fraction of sp³-hybridized carbons (Fsp3) is 0.529. The number of nitrogens with one attached hydrogen (secondary N) is 2. The Hall–Kier alpha value is -1.59. The zero-order valence-corrected chi connectivity index (χ0v) is 14.9. The van der Waals surface area contributed by atoms with E-state index in [-0.39, 0.29) is 24.2 Å². The maximum absolute atomic E-state index is 12.1. The van der Waals surface area contributed by atoms with Crippen molar-refractivity contribution in [1.82, 2.24) is 5.32 Å². The zero-order valence-electron chi connectivity index (χ0n) is 14.1. The molecule has 23 heavy (non-hydrogen) atoms. The minimum atomic E-state index is -0.225. The Labute approximate surface area is 144 Å². The summed E-state index contributed by atoms with van der Waals surface area (Å²) >= 11 is 0. The number of rotatable bonds is 8. The Morgan fingerprint density at radius 2 is 1.83 bits per heavy atom. The average molecular weight is 342 g/mol. The standard InChI is InChI=1S/C17H27N3O2.ClH/c1-12(2)10-13(3)11-16(21)20-15-7-5-4-6-14(15)17(22)19-9-8-18;/h4-7,12-13H,8-11,18H2,1-3H3,(H,19,22)(H,20,21);1H. The first-order valence-electron chi connectivity index (χ1n) is 7.81. The summed E-state index contributed by atoms with van der Waals surface area (Å²) in [4.78, 5) is 24.2. The number of carbonyl (C=O) groups excluding carboxylic acids is 2. The molecule has 0 saturated heterocycles. The van der Waals surface area contributed by atoms with Crippen LogP contribution < -0.4 is 16.4 Å². The van der Waals surface area contributed by atoms with Crippen molar-refractivity contribution in [3.05, 3.63) is 29.8 Å². The van der Waals surface area contributed by atoms with Crippen molar-refractivity contribution in [2.45, 2.75) is 33.6 Å². The number of carbonyl (C=O) groups is 2. The number of para-hydroxylation sites is 1. The van der Waals surface area contributed by atoms with Crippen molar-refractivity contribution in [1.29, 1.82) is 0 Å². The van der Waals surface area contributed by atoms with Crippen molar-refractivity contribution < 1.29 is 9.59 Å². The fourth-order valence-electron chi connectivity index (χ4n) is 2.48. The number of hydrogen-bond acceptors (Lipinski definition) is 3. The number of anilines is 1. The highest BCUT2D eigenvalue weighted by Crippen LogP contribution is 2.18. The summed E-state index contributed by atoms with van der Waals surface area (Å²) in [5.41, 5.74) is 6.38. The quantitative estimate of drug-likeness (QED) is 0.679. The molecule has 1 aromatic carbocycles. The van der Waals surface area contributed by atoms with Gasteiger partial charge in [-0.25, -0.2) is 0 Å². The molecular formula is C17H28ClN3O2. The van der Waals surface area contributed by atoms with E-state index in [2.05, 4.69) is 31.4 Å². The van der Waals surface area contributed by atoms with Gasteiger partial charge in [0.15, 0.2) is 0 Å². The third-order valence-electron chi connectivity index (χ3n) is 3.28. The molecule has 1 aromatic rings. The van der Waals surface area contributed by atoms with E-state index in [9.17, 15) is 9.59 Å². The lowest BCUT2D eigenvalue weighted by Crippen LogP contribution is -2.30. The molecule has 0 aromatic heterocycles. The largest absolute Gasteiger partial charge is 0.351 e. The van der Waals surface area contributed by atoms with E-state index in [4.69, 9.17) is 5.73 Å². The van der Waals surface area contributed by atoms with Crippen LogP contribution in [-0.4, -0.2) is 24.9 Å². The van der Waals surface area contributed by atoms with E-state index in [0.29, 0.717) is 42.6 Å². The molecule has 5 nitrogen and oxygen atoms in total. The summed E-state index contributed by atoms with van der Waals surface area (Å²) in [7, 11) is 0. The van der Waals surface area contributed by atoms with Crippen molar-refractivity contribution in [3.8, 4) is 0 Å². The van der Waals surface area contributed by atoms with Crippen molar-refractivity contribution in [3.63, 3.8) is 0 Å². The van der Waals surface area contributed by atoms with Gasteiger partial charge in [0, 0.05) is 19.5 Å². The number of benzene rings is 1. The van der Waals surface area contributed by atoms with Crippen LogP contribution in [0.4, 0.5) is 5.69 Å². The summed E-state index contributed by atoms with van der Waals surface area (Å²) in [6, 6.07) is 7.00. The van der Waals surface area contributed by atoms with Gasteiger partial charge < -0.3 is 16.4 Å². The third-order valence-corrected chi connectivity index (χ3v) is 3.28. The predicted molar refractivity (Wildman–Crippen MR) is 96.9 cm³/mol. The second-order valence-electron chi connectivity index (χ2n) is 6.08. The van der Waals surface area contributed by atoms with Crippen LogP contribution in [0.3, 0.4) is 0 Å². The molecule has 0 radical (unpaired) electrons. The molecule has 0 fully saturated rings. The summed E-state index contributed by atoms with van der Waals surface area (Å²) < 4.78 is 0. The Balaban J connectivity index is 0.00000484. The van der Waals surface area contributed by atoms with Gasteiger partial charge in [0.1, 0.15) is 0 Å². The van der Waals surface area contributed by atoms with E-state index >= 15 is 0 Å². The predicted octanol–water partition coefficient (Wildman–Crippen LogP) is 2.81. The van der Waals surface area contributed by atoms with Crippen molar-refractivity contribution in [2.24, 2.45) is 17.6 Å². The number of halogens is 1.